The van der Waals surface area contributed by atoms with Crippen molar-refractivity contribution >= 4 is 29.5 Å². The largest absolute Gasteiger partial charge is 0.467 e. The first-order valence-electron chi connectivity index (χ1n) is 9.36. The predicted octanol–water partition coefficient (Wildman–Crippen LogP) is 1.88. The average molecular weight is 408 g/mol. The van der Waals surface area contributed by atoms with Crippen molar-refractivity contribution in [3.63, 3.8) is 0 Å². The van der Waals surface area contributed by atoms with Crippen LogP contribution in [0.25, 0.3) is 0 Å². The second-order valence-electron chi connectivity index (χ2n) is 6.79. The van der Waals surface area contributed by atoms with Crippen molar-refractivity contribution in [2.75, 3.05) is 17.6 Å². The maximum atomic E-state index is 12.4. The maximum Gasteiger partial charge on any atom is 0.311 e. The second-order valence-corrected chi connectivity index (χ2v) is 6.79. The summed E-state index contributed by atoms with van der Waals surface area (Å²) < 4.78 is 10.6. The molecule has 1 amide bonds. The molecule has 1 aromatic carbocycles. The van der Waals surface area contributed by atoms with Crippen LogP contribution in [-0.2, 0) is 27.5 Å². The lowest BCUT2D eigenvalue weighted by atomic mass is 10.1. The van der Waals surface area contributed by atoms with E-state index >= 15 is 0 Å². The molecule has 154 valence electrons. The van der Waals surface area contributed by atoms with Crippen LogP contribution >= 0.6 is 0 Å². The fourth-order valence-corrected chi connectivity index (χ4v) is 3.14. The van der Waals surface area contributed by atoms with E-state index in [2.05, 4.69) is 20.3 Å². The molecule has 3 heterocycles. The van der Waals surface area contributed by atoms with Gasteiger partial charge in [0, 0.05) is 18.7 Å². The molecule has 10 nitrogen and oxygen atoms in total. The fraction of sp³-hybridized carbons (Fsp3) is 0.250. The topological polar surface area (TPSA) is 136 Å². The minimum atomic E-state index is -0.548. The Morgan fingerprint density at radius 3 is 2.80 bits per heavy atom. The summed E-state index contributed by atoms with van der Waals surface area (Å²) in [6.07, 6.45) is 1.64. The third kappa shape index (κ3) is 4.72. The minimum absolute atomic E-state index is 0.00940. The molecule has 2 aromatic heterocycles. The summed E-state index contributed by atoms with van der Waals surface area (Å²) in [6, 6.07) is 12.9. The molecule has 3 N–H and O–H groups in total. The Bertz CT molecular complexity index is 1030. The summed E-state index contributed by atoms with van der Waals surface area (Å²) in [4.78, 5) is 38.4. The quantitative estimate of drug-likeness (QED) is 0.561. The molecular formula is C20H20N6O4. The number of nitrogen functional groups attached to an aromatic ring is 1. The van der Waals surface area contributed by atoms with Crippen LogP contribution in [-0.4, -0.2) is 38.3 Å². The normalized spacial score (nSPS) is 15.9. The van der Waals surface area contributed by atoms with E-state index in [9.17, 15) is 9.59 Å². The van der Waals surface area contributed by atoms with Crippen molar-refractivity contribution in [2.45, 2.75) is 19.6 Å². The van der Waals surface area contributed by atoms with Gasteiger partial charge in [0.05, 0.1) is 18.7 Å². The van der Waals surface area contributed by atoms with Gasteiger partial charge >= 0.3 is 5.97 Å². The van der Waals surface area contributed by atoms with Crippen molar-refractivity contribution < 1.29 is 18.7 Å². The number of hydrogen-bond acceptors (Lipinski definition) is 9. The van der Waals surface area contributed by atoms with E-state index in [0.29, 0.717) is 12.3 Å². The van der Waals surface area contributed by atoms with E-state index in [-0.39, 0.29) is 43.2 Å². The first kappa shape index (κ1) is 19.4. The molecule has 0 spiro atoms. The van der Waals surface area contributed by atoms with Crippen molar-refractivity contribution in [1.82, 2.24) is 19.9 Å². The lowest BCUT2D eigenvalue weighted by Crippen LogP contribution is -2.26. The summed E-state index contributed by atoms with van der Waals surface area (Å²) in [5, 5.41) is 3.02. The zero-order valence-corrected chi connectivity index (χ0v) is 16.0. The number of ether oxygens (including phenoxy) is 1. The Kier molecular flexibility index (Phi) is 5.55. The molecule has 1 aliphatic rings. The molecule has 3 aromatic rings. The summed E-state index contributed by atoms with van der Waals surface area (Å²) in [6.45, 7) is 0.435. The van der Waals surface area contributed by atoms with E-state index in [1.165, 1.54) is 0 Å². The number of nitrogens with one attached hydrogen (secondary N) is 1. The van der Waals surface area contributed by atoms with Crippen LogP contribution in [0.4, 0.5) is 17.6 Å². The molecule has 1 atom stereocenters. The molecule has 1 fully saturated rings. The molecule has 0 bridgehead atoms. The lowest BCUT2D eigenvalue weighted by molar-refractivity contribution is -0.150. The van der Waals surface area contributed by atoms with Crippen LogP contribution in [0.15, 0.2) is 53.1 Å². The molecular weight excluding hydrogens is 388 g/mol. The molecule has 30 heavy (non-hydrogen) atoms. The van der Waals surface area contributed by atoms with Gasteiger partial charge in [0.15, 0.2) is 12.4 Å². The van der Waals surface area contributed by atoms with Crippen LogP contribution in [0.2, 0.25) is 0 Å². The van der Waals surface area contributed by atoms with Crippen molar-refractivity contribution in [1.29, 1.82) is 0 Å². The van der Waals surface area contributed by atoms with Crippen LogP contribution in [0.1, 0.15) is 18.0 Å². The number of anilines is 3. The second kappa shape index (κ2) is 8.60. The lowest BCUT2D eigenvalue weighted by Gasteiger charge is -2.14. The zero-order chi connectivity index (χ0) is 20.9. The van der Waals surface area contributed by atoms with Crippen LogP contribution in [0.3, 0.4) is 0 Å². The number of carbonyl (C=O) groups is 2. The van der Waals surface area contributed by atoms with Gasteiger partial charge in [0.1, 0.15) is 5.76 Å². The standard InChI is InChI=1S/C20H20N6O4/c21-19-23-16(24-20(25-19)22-14-5-2-1-3-6-14)12-30-18(28)13-9-17(27)26(10-13)11-15-7-4-8-29-15/h1-8,13H,9-12H2,(H3,21,22,23,24,25). The van der Waals surface area contributed by atoms with E-state index in [0.717, 1.165) is 5.69 Å². The number of nitrogens with two attached hydrogens (primary N) is 1. The first-order chi connectivity index (χ1) is 14.6. The van der Waals surface area contributed by atoms with Gasteiger partial charge in [-0.1, -0.05) is 18.2 Å². The van der Waals surface area contributed by atoms with Crippen molar-refractivity contribution in [2.24, 2.45) is 5.92 Å². The molecule has 0 aliphatic carbocycles. The number of rotatable bonds is 7. The monoisotopic (exact) mass is 408 g/mol. The van der Waals surface area contributed by atoms with E-state index in [1.54, 1.807) is 23.3 Å². The van der Waals surface area contributed by atoms with Crippen molar-refractivity contribution in [3.8, 4) is 0 Å². The Hall–Kier alpha value is -3.95. The number of hydrogen-bond donors (Lipinski definition) is 2. The summed E-state index contributed by atoms with van der Waals surface area (Å²) in [5.41, 5.74) is 6.52. The smallest absolute Gasteiger partial charge is 0.311 e. The summed E-state index contributed by atoms with van der Waals surface area (Å²) in [5.74, 6) is -0.0133. The summed E-state index contributed by atoms with van der Waals surface area (Å²) >= 11 is 0. The average Bonchev–Trinajstić information content (AvgIpc) is 3.37. The number of nitrogens with zero attached hydrogens (tertiary/aromatic N) is 4. The number of esters is 1. The Balaban J connectivity index is 1.34. The number of aromatic nitrogens is 3. The predicted molar refractivity (Wildman–Crippen MR) is 106 cm³/mol. The van der Waals surface area contributed by atoms with Crippen LogP contribution in [0.5, 0.6) is 0 Å². The Morgan fingerprint density at radius 1 is 1.20 bits per heavy atom. The maximum absolute atomic E-state index is 12.4. The van der Waals surface area contributed by atoms with Gasteiger partial charge in [-0.3, -0.25) is 9.59 Å². The molecule has 4 rings (SSSR count). The minimum Gasteiger partial charge on any atom is -0.467 e. The van der Waals surface area contributed by atoms with Gasteiger partial charge in [0.25, 0.3) is 0 Å². The van der Waals surface area contributed by atoms with Gasteiger partial charge in [-0.2, -0.15) is 15.0 Å². The number of likely N-dealkylation sites (tertiary alicyclic amines) is 1. The SMILES string of the molecule is Nc1nc(COC(=O)C2CC(=O)N(Cc3ccco3)C2)nc(Nc2ccccc2)n1. The molecule has 0 radical (unpaired) electrons. The Labute approximate surface area is 172 Å². The zero-order valence-electron chi connectivity index (χ0n) is 16.0. The highest BCUT2D eigenvalue weighted by Gasteiger charge is 2.35. The fourth-order valence-electron chi connectivity index (χ4n) is 3.14. The first-order valence-corrected chi connectivity index (χ1v) is 9.36. The summed E-state index contributed by atoms with van der Waals surface area (Å²) in [7, 11) is 0. The van der Waals surface area contributed by atoms with Crippen LogP contribution in [0, 0.1) is 5.92 Å². The third-order valence-electron chi connectivity index (χ3n) is 4.55. The van der Waals surface area contributed by atoms with E-state index in [1.807, 2.05) is 30.3 Å². The molecule has 1 saturated heterocycles. The van der Waals surface area contributed by atoms with Gasteiger partial charge < -0.3 is 25.1 Å². The third-order valence-corrected chi connectivity index (χ3v) is 4.55. The highest BCUT2D eigenvalue weighted by molar-refractivity contribution is 5.86. The number of benzene rings is 1. The number of para-hydroxylation sites is 1. The number of carbonyl (C=O) groups excluding carboxylic acids is 2. The molecule has 0 saturated carbocycles. The van der Waals surface area contributed by atoms with Gasteiger partial charge in [-0.05, 0) is 24.3 Å². The van der Waals surface area contributed by atoms with E-state index in [4.69, 9.17) is 14.9 Å². The number of amides is 1. The molecule has 1 unspecified atom stereocenters. The Morgan fingerprint density at radius 2 is 2.03 bits per heavy atom. The van der Waals surface area contributed by atoms with Gasteiger partial charge in [-0.15, -0.1) is 0 Å². The molecule has 10 heteroatoms. The van der Waals surface area contributed by atoms with Crippen molar-refractivity contribution in [3.05, 3.63) is 60.3 Å². The van der Waals surface area contributed by atoms with Gasteiger partial charge in [0.2, 0.25) is 17.8 Å². The van der Waals surface area contributed by atoms with E-state index < -0.39 is 11.9 Å². The van der Waals surface area contributed by atoms with Crippen LogP contribution < -0.4 is 11.1 Å². The highest BCUT2D eigenvalue weighted by atomic mass is 16.5. The molecule has 1 aliphatic heterocycles. The highest BCUT2D eigenvalue weighted by Crippen LogP contribution is 2.22. The van der Waals surface area contributed by atoms with Gasteiger partial charge in [-0.25, -0.2) is 0 Å². The number of furan rings is 1.